The topological polar surface area (TPSA) is 46.5 Å². The van der Waals surface area contributed by atoms with Gasteiger partial charge in [0.1, 0.15) is 0 Å². The molecule has 0 N–H and O–H groups in total. The first kappa shape index (κ1) is 14.0. The third kappa shape index (κ3) is 1.96. The highest BCUT2D eigenvalue weighted by Gasteiger charge is 2.47. The van der Waals surface area contributed by atoms with Gasteiger partial charge in [-0.25, -0.2) is 8.42 Å². The van der Waals surface area contributed by atoms with Gasteiger partial charge >= 0.3 is 5.51 Å². The van der Waals surface area contributed by atoms with Gasteiger partial charge in [-0.2, -0.15) is 13.2 Å². The third-order valence-electron chi connectivity index (χ3n) is 3.45. The van der Waals surface area contributed by atoms with Gasteiger partial charge in [0.25, 0.3) is 9.84 Å². The van der Waals surface area contributed by atoms with E-state index in [1.165, 1.54) is 6.07 Å². The van der Waals surface area contributed by atoms with Crippen LogP contribution in [-0.4, -0.2) is 19.6 Å². The zero-order valence-corrected chi connectivity index (χ0v) is 11.4. The molecule has 1 aliphatic rings. The van der Waals surface area contributed by atoms with Crippen molar-refractivity contribution in [2.75, 3.05) is 0 Å². The van der Waals surface area contributed by atoms with Crippen molar-refractivity contribution in [1.82, 2.24) is 0 Å². The van der Waals surface area contributed by atoms with E-state index in [4.69, 9.17) is 0 Å². The van der Waals surface area contributed by atoms with E-state index < -0.39 is 25.7 Å². The summed E-state index contributed by atoms with van der Waals surface area (Å²) in [6.45, 7) is 5.35. The maximum absolute atomic E-state index is 12.5. The van der Waals surface area contributed by atoms with Crippen molar-refractivity contribution in [3.8, 4) is 0 Å². The maximum atomic E-state index is 12.5. The van der Waals surface area contributed by atoms with Crippen LogP contribution in [0.2, 0.25) is 0 Å². The Morgan fingerprint density at radius 3 is 2.32 bits per heavy atom. The summed E-state index contributed by atoms with van der Waals surface area (Å²) in [5.41, 5.74) is -4.10. The molecule has 0 aliphatic carbocycles. The normalized spacial score (nSPS) is 18.1. The minimum atomic E-state index is -5.32. The Balaban J connectivity index is 2.62. The Hall–Kier alpha value is -1.37. The van der Waals surface area contributed by atoms with Crippen molar-refractivity contribution < 1.29 is 21.6 Å². The third-order valence-corrected chi connectivity index (χ3v) is 4.93. The lowest BCUT2D eigenvalue weighted by molar-refractivity contribution is -0.0436. The lowest BCUT2D eigenvalue weighted by atomic mass is 9.82. The van der Waals surface area contributed by atoms with Gasteiger partial charge in [-0.3, -0.25) is 4.99 Å². The molecule has 0 bridgehead atoms. The van der Waals surface area contributed by atoms with Gasteiger partial charge in [0.15, 0.2) is 0 Å². The lowest BCUT2D eigenvalue weighted by Gasteiger charge is -2.20. The van der Waals surface area contributed by atoms with Crippen LogP contribution in [0.15, 0.2) is 28.1 Å². The summed E-state index contributed by atoms with van der Waals surface area (Å²) in [7, 11) is -5.32. The molecule has 0 amide bonds. The van der Waals surface area contributed by atoms with Crippen LogP contribution in [0.4, 0.5) is 18.9 Å². The van der Waals surface area contributed by atoms with Crippen molar-refractivity contribution in [2.45, 2.75) is 36.6 Å². The minimum Gasteiger partial charge on any atom is -0.257 e. The number of benzene rings is 1. The Bertz CT molecular complexity index is 673. The first-order chi connectivity index (χ1) is 8.48. The molecular weight excluding hydrogens is 279 g/mol. The summed E-state index contributed by atoms with van der Waals surface area (Å²) in [4.78, 5) is 3.49. The number of alkyl halides is 3. The van der Waals surface area contributed by atoms with Crippen molar-refractivity contribution in [3.63, 3.8) is 0 Å². The Labute approximate surface area is 109 Å². The van der Waals surface area contributed by atoms with Gasteiger partial charge in [-0.05, 0) is 30.7 Å². The molecule has 1 aromatic rings. The predicted octanol–water partition coefficient (Wildman–Crippen LogP) is 3.36. The number of aliphatic imine (C=N–C) groups is 1. The summed E-state index contributed by atoms with van der Waals surface area (Å²) in [6, 6.07) is 3.32. The molecule has 1 aromatic carbocycles. The van der Waals surface area contributed by atoms with Gasteiger partial charge in [0.05, 0.1) is 10.6 Å². The van der Waals surface area contributed by atoms with Crippen LogP contribution in [-0.2, 0) is 15.3 Å². The van der Waals surface area contributed by atoms with Gasteiger partial charge in [-0.1, -0.05) is 13.8 Å². The van der Waals surface area contributed by atoms with Gasteiger partial charge in [0, 0.05) is 11.1 Å². The predicted molar refractivity (Wildman–Crippen MR) is 65.5 cm³/mol. The highest BCUT2D eigenvalue weighted by Crippen LogP contribution is 2.42. The summed E-state index contributed by atoms with van der Waals surface area (Å²) >= 11 is 0. The number of hydrogen-bond donors (Lipinski definition) is 0. The second-order valence-electron chi connectivity index (χ2n) is 4.95. The minimum absolute atomic E-state index is 0.496. The molecule has 0 fully saturated rings. The van der Waals surface area contributed by atoms with Crippen LogP contribution < -0.4 is 0 Å². The first-order valence-corrected chi connectivity index (χ1v) is 6.98. The average Bonchev–Trinajstić information content (AvgIpc) is 2.48. The molecule has 0 unspecified atom stereocenters. The molecule has 19 heavy (non-hydrogen) atoms. The molecule has 0 radical (unpaired) electrons. The van der Waals surface area contributed by atoms with Gasteiger partial charge < -0.3 is 0 Å². The highest BCUT2D eigenvalue weighted by molar-refractivity contribution is 7.92. The molecule has 3 nitrogen and oxygen atoms in total. The SMILES string of the molecule is CC1=Nc2ccc(S(=O)(=O)C(F)(F)F)cc2C1(C)C. The van der Waals surface area contributed by atoms with E-state index >= 15 is 0 Å². The zero-order chi connectivity index (χ0) is 14.6. The molecule has 0 saturated carbocycles. The molecule has 2 rings (SSSR count). The largest absolute Gasteiger partial charge is 0.501 e. The van der Waals surface area contributed by atoms with E-state index in [0.717, 1.165) is 17.8 Å². The maximum Gasteiger partial charge on any atom is 0.501 e. The van der Waals surface area contributed by atoms with Crippen LogP contribution in [0.1, 0.15) is 26.3 Å². The highest BCUT2D eigenvalue weighted by atomic mass is 32.2. The number of hydrogen-bond acceptors (Lipinski definition) is 3. The van der Waals surface area contributed by atoms with Crippen molar-refractivity contribution >= 4 is 21.2 Å². The van der Waals surface area contributed by atoms with Gasteiger partial charge in [-0.15, -0.1) is 0 Å². The molecule has 0 spiro atoms. The molecule has 0 atom stereocenters. The van der Waals surface area contributed by atoms with E-state index in [0.29, 0.717) is 11.3 Å². The molecule has 0 aromatic heterocycles. The molecule has 1 aliphatic heterocycles. The smallest absolute Gasteiger partial charge is 0.257 e. The quantitative estimate of drug-likeness (QED) is 0.796. The number of nitrogens with zero attached hydrogens (tertiary/aromatic N) is 1. The second kappa shape index (κ2) is 3.82. The molecule has 7 heteroatoms. The molecule has 1 heterocycles. The number of rotatable bonds is 1. The first-order valence-electron chi connectivity index (χ1n) is 5.49. The van der Waals surface area contributed by atoms with Crippen LogP contribution in [0.5, 0.6) is 0 Å². The molecular formula is C12H12F3NO2S. The summed E-state index contributed by atoms with van der Waals surface area (Å²) in [5, 5.41) is 0. The van der Waals surface area contributed by atoms with Gasteiger partial charge in [0.2, 0.25) is 0 Å². The Morgan fingerprint density at radius 2 is 1.79 bits per heavy atom. The Morgan fingerprint density at radius 1 is 1.21 bits per heavy atom. The summed E-state index contributed by atoms with van der Waals surface area (Å²) < 4.78 is 60.3. The van der Waals surface area contributed by atoms with Crippen LogP contribution in [0.3, 0.4) is 0 Å². The zero-order valence-electron chi connectivity index (χ0n) is 10.5. The standard InChI is InChI=1S/C12H12F3NO2S/c1-7-11(2,3)9-6-8(4-5-10(9)16-7)19(17,18)12(13,14)15/h4-6H,1-3H3. The van der Waals surface area contributed by atoms with Crippen LogP contribution >= 0.6 is 0 Å². The lowest BCUT2D eigenvalue weighted by Crippen LogP contribution is -2.25. The van der Waals surface area contributed by atoms with E-state index in [9.17, 15) is 21.6 Å². The number of sulfone groups is 1. The van der Waals surface area contributed by atoms with E-state index in [-0.39, 0.29) is 0 Å². The summed E-state index contributed by atoms with van der Waals surface area (Å²) in [5.74, 6) is 0. The van der Waals surface area contributed by atoms with Crippen molar-refractivity contribution in [3.05, 3.63) is 23.8 Å². The molecule has 0 saturated heterocycles. The van der Waals surface area contributed by atoms with Crippen molar-refractivity contribution in [2.24, 2.45) is 4.99 Å². The fourth-order valence-corrected chi connectivity index (χ4v) is 2.72. The van der Waals surface area contributed by atoms with Crippen molar-refractivity contribution in [1.29, 1.82) is 0 Å². The number of halogens is 3. The van der Waals surface area contributed by atoms with E-state index in [1.807, 2.05) is 0 Å². The average molecular weight is 291 g/mol. The molecule has 104 valence electrons. The van der Waals surface area contributed by atoms with Crippen LogP contribution in [0, 0.1) is 0 Å². The Kier molecular flexibility index (Phi) is 2.82. The number of fused-ring (bicyclic) bond motifs is 1. The van der Waals surface area contributed by atoms with Crippen LogP contribution in [0.25, 0.3) is 0 Å². The van der Waals surface area contributed by atoms with E-state index in [1.54, 1.807) is 20.8 Å². The fourth-order valence-electron chi connectivity index (χ4n) is 1.93. The summed E-state index contributed by atoms with van der Waals surface area (Å²) in [6.07, 6.45) is 0. The van der Waals surface area contributed by atoms with E-state index in [2.05, 4.69) is 4.99 Å². The second-order valence-corrected chi connectivity index (χ2v) is 6.89. The fraction of sp³-hybridized carbons (Fsp3) is 0.417. The monoisotopic (exact) mass is 291 g/mol.